The van der Waals surface area contributed by atoms with Gasteiger partial charge in [0.05, 0.1) is 5.92 Å². The predicted molar refractivity (Wildman–Crippen MR) is 83.7 cm³/mol. The van der Waals surface area contributed by atoms with Crippen LogP contribution in [0, 0.1) is 11.8 Å². The summed E-state index contributed by atoms with van der Waals surface area (Å²) in [4.78, 5) is 26.0. The zero-order valence-electron chi connectivity index (χ0n) is 12.9. The molecular weight excluding hydrogens is 294 g/mol. The third kappa shape index (κ3) is 2.97. The molecule has 6 heteroatoms. The van der Waals surface area contributed by atoms with Crippen molar-refractivity contribution in [1.82, 2.24) is 14.7 Å². The van der Waals surface area contributed by atoms with Gasteiger partial charge in [0.25, 0.3) is 5.91 Å². The highest BCUT2D eigenvalue weighted by atomic mass is 16.4. The van der Waals surface area contributed by atoms with Crippen LogP contribution in [0.15, 0.2) is 48.8 Å². The van der Waals surface area contributed by atoms with Gasteiger partial charge in [-0.25, -0.2) is 0 Å². The molecule has 0 saturated carbocycles. The number of hydrogen-bond donors (Lipinski definition) is 1. The summed E-state index contributed by atoms with van der Waals surface area (Å²) < 4.78 is 1.62. The second-order valence-corrected chi connectivity index (χ2v) is 5.96. The van der Waals surface area contributed by atoms with Crippen LogP contribution >= 0.6 is 0 Å². The fourth-order valence-electron chi connectivity index (χ4n) is 3.12. The van der Waals surface area contributed by atoms with Gasteiger partial charge in [-0.2, -0.15) is 5.10 Å². The number of benzene rings is 1. The minimum atomic E-state index is -0.844. The Morgan fingerprint density at radius 1 is 1.22 bits per heavy atom. The van der Waals surface area contributed by atoms with Crippen molar-refractivity contribution in [3.63, 3.8) is 0 Å². The largest absolute Gasteiger partial charge is 0.481 e. The Balaban J connectivity index is 1.89. The topological polar surface area (TPSA) is 75.4 Å². The van der Waals surface area contributed by atoms with Gasteiger partial charge in [-0.15, -0.1) is 0 Å². The highest BCUT2D eigenvalue weighted by molar-refractivity contribution is 5.85. The molecule has 6 nitrogen and oxygen atoms in total. The third-order valence-electron chi connectivity index (χ3n) is 4.38. The molecule has 1 unspecified atom stereocenters. The lowest BCUT2D eigenvalue weighted by Crippen LogP contribution is -2.37. The minimum absolute atomic E-state index is 0.0505. The molecule has 23 heavy (non-hydrogen) atoms. The first-order valence-electron chi connectivity index (χ1n) is 7.63. The molecule has 0 aliphatic carbocycles. The number of amides is 1. The molecule has 1 aliphatic rings. The van der Waals surface area contributed by atoms with Crippen LogP contribution in [0.5, 0.6) is 0 Å². The van der Waals surface area contributed by atoms with Gasteiger partial charge in [-0.3, -0.25) is 14.3 Å². The SMILES string of the molecule is C[C@@H]1CN(C(=O)C(c2ccccc2)n2cccn2)C[C@H]1C(=O)O. The van der Waals surface area contributed by atoms with E-state index in [1.165, 1.54) is 0 Å². The summed E-state index contributed by atoms with van der Waals surface area (Å²) in [6, 6.07) is 10.6. The molecule has 1 aromatic heterocycles. The van der Waals surface area contributed by atoms with Gasteiger partial charge >= 0.3 is 5.97 Å². The number of likely N-dealkylation sites (tertiary alicyclic amines) is 1. The van der Waals surface area contributed by atoms with Crippen LogP contribution in [0.4, 0.5) is 0 Å². The molecule has 2 heterocycles. The standard InChI is InChI=1S/C17H19N3O3/c1-12-10-19(11-14(12)17(22)23)16(21)15(20-9-5-8-18-20)13-6-3-2-4-7-13/h2-9,12,14-15H,10-11H2,1H3,(H,22,23)/t12-,14-,15?/m1/s1. The maximum Gasteiger partial charge on any atom is 0.308 e. The van der Waals surface area contributed by atoms with E-state index in [1.54, 1.807) is 28.0 Å². The highest BCUT2D eigenvalue weighted by Crippen LogP contribution is 2.28. The average Bonchev–Trinajstić information content (AvgIpc) is 3.18. The van der Waals surface area contributed by atoms with Crippen LogP contribution in [0.3, 0.4) is 0 Å². The second kappa shape index (κ2) is 6.24. The summed E-state index contributed by atoms with van der Waals surface area (Å²) >= 11 is 0. The Kier molecular flexibility index (Phi) is 4.14. The van der Waals surface area contributed by atoms with Crippen LogP contribution < -0.4 is 0 Å². The zero-order chi connectivity index (χ0) is 16.4. The molecule has 0 bridgehead atoms. The third-order valence-corrected chi connectivity index (χ3v) is 4.38. The van der Waals surface area contributed by atoms with Crippen molar-refractivity contribution in [1.29, 1.82) is 0 Å². The van der Waals surface area contributed by atoms with Gasteiger partial charge in [0.1, 0.15) is 0 Å². The number of carboxylic acid groups (broad SMARTS) is 1. The Bertz CT molecular complexity index is 684. The quantitative estimate of drug-likeness (QED) is 0.931. The van der Waals surface area contributed by atoms with Crippen LogP contribution in [-0.4, -0.2) is 44.8 Å². The van der Waals surface area contributed by atoms with Gasteiger partial charge in [0.2, 0.25) is 0 Å². The molecule has 1 N–H and O–H groups in total. The van der Waals surface area contributed by atoms with E-state index in [1.807, 2.05) is 37.3 Å². The van der Waals surface area contributed by atoms with Crippen molar-refractivity contribution in [3.05, 3.63) is 54.4 Å². The molecule has 120 valence electrons. The lowest BCUT2D eigenvalue weighted by molar-refractivity contribution is -0.142. The fraction of sp³-hybridized carbons (Fsp3) is 0.353. The van der Waals surface area contributed by atoms with E-state index in [0.29, 0.717) is 6.54 Å². The van der Waals surface area contributed by atoms with Crippen molar-refractivity contribution in [3.8, 4) is 0 Å². The Labute approximate surface area is 134 Å². The number of carboxylic acids is 1. The number of carbonyl (C=O) groups is 2. The lowest BCUT2D eigenvalue weighted by Gasteiger charge is -2.24. The number of carbonyl (C=O) groups excluding carboxylic acids is 1. The second-order valence-electron chi connectivity index (χ2n) is 5.96. The van der Waals surface area contributed by atoms with E-state index < -0.39 is 17.9 Å². The Morgan fingerprint density at radius 2 is 1.96 bits per heavy atom. The van der Waals surface area contributed by atoms with E-state index >= 15 is 0 Å². The predicted octanol–water partition coefficient (Wildman–Crippen LogP) is 1.65. The van der Waals surface area contributed by atoms with Gasteiger partial charge in [0.15, 0.2) is 6.04 Å². The van der Waals surface area contributed by atoms with Gasteiger partial charge in [-0.1, -0.05) is 37.3 Å². The molecule has 2 aromatic rings. The zero-order valence-corrected chi connectivity index (χ0v) is 12.9. The Morgan fingerprint density at radius 3 is 2.52 bits per heavy atom. The van der Waals surface area contributed by atoms with E-state index in [4.69, 9.17) is 0 Å². The van der Waals surface area contributed by atoms with Crippen molar-refractivity contribution >= 4 is 11.9 Å². The average molecular weight is 313 g/mol. The summed E-state index contributed by atoms with van der Waals surface area (Å²) in [6.07, 6.45) is 3.39. The molecule has 1 aliphatic heterocycles. The van der Waals surface area contributed by atoms with Crippen LogP contribution in [0.2, 0.25) is 0 Å². The van der Waals surface area contributed by atoms with E-state index in [-0.39, 0.29) is 18.4 Å². The summed E-state index contributed by atoms with van der Waals surface area (Å²) in [5, 5.41) is 13.5. The summed E-state index contributed by atoms with van der Waals surface area (Å²) in [7, 11) is 0. The molecule has 0 radical (unpaired) electrons. The van der Waals surface area contributed by atoms with Crippen molar-refractivity contribution in [2.45, 2.75) is 13.0 Å². The molecule has 1 saturated heterocycles. The van der Waals surface area contributed by atoms with Crippen LogP contribution in [-0.2, 0) is 9.59 Å². The molecule has 1 fully saturated rings. The van der Waals surface area contributed by atoms with E-state index in [9.17, 15) is 14.7 Å². The Hall–Kier alpha value is -2.63. The van der Waals surface area contributed by atoms with Crippen LogP contribution in [0.1, 0.15) is 18.5 Å². The van der Waals surface area contributed by atoms with Crippen molar-refractivity contribution in [2.75, 3.05) is 13.1 Å². The monoisotopic (exact) mass is 313 g/mol. The number of aliphatic carboxylic acids is 1. The van der Waals surface area contributed by atoms with E-state index in [2.05, 4.69) is 5.10 Å². The lowest BCUT2D eigenvalue weighted by atomic mass is 9.99. The summed E-state index contributed by atoms with van der Waals surface area (Å²) in [5.41, 5.74) is 0.840. The fourth-order valence-corrected chi connectivity index (χ4v) is 3.12. The van der Waals surface area contributed by atoms with Gasteiger partial charge in [0, 0.05) is 25.5 Å². The normalized spacial score (nSPS) is 22.0. The maximum atomic E-state index is 13.0. The molecule has 3 atom stereocenters. The van der Waals surface area contributed by atoms with Crippen molar-refractivity contribution in [2.24, 2.45) is 11.8 Å². The van der Waals surface area contributed by atoms with Gasteiger partial charge < -0.3 is 10.0 Å². The minimum Gasteiger partial charge on any atom is -0.481 e. The maximum absolute atomic E-state index is 13.0. The number of rotatable bonds is 4. The number of nitrogens with zero attached hydrogens (tertiary/aromatic N) is 3. The number of aromatic nitrogens is 2. The first-order valence-corrected chi connectivity index (χ1v) is 7.63. The van der Waals surface area contributed by atoms with Crippen LogP contribution in [0.25, 0.3) is 0 Å². The summed E-state index contributed by atoms with van der Waals surface area (Å²) in [5.74, 6) is -1.52. The first kappa shape index (κ1) is 15.3. The van der Waals surface area contributed by atoms with Crippen molar-refractivity contribution < 1.29 is 14.7 Å². The molecule has 1 aromatic carbocycles. The number of hydrogen-bond acceptors (Lipinski definition) is 3. The first-order chi connectivity index (χ1) is 11.1. The molecule has 1 amide bonds. The molecule has 3 rings (SSSR count). The smallest absolute Gasteiger partial charge is 0.308 e. The van der Waals surface area contributed by atoms with Gasteiger partial charge in [-0.05, 0) is 17.5 Å². The molecule has 0 spiro atoms. The molecular formula is C17H19N3O3. The highest BCUT2D eigenvalue weighted by Gasteiger charge is 2.39. The van der Waals surface area contributed by atoms with E-state index in [0.717, 1.165) is 5.56 Å². The summed E-state index contributed by atoms with van der Waals surface area (Å²) in [6.45, 7) is 2.58.